The van der Waals surface area contributed by atoms with Crippen LogP contribution in [0.5, 0.6) is 0 Å². The van der Waals surface area contributed by atoms with Crippen LogP contribution in [-0.2, 0) is 0 Å². The van der Waals surface area contributed by atoms with Crippen molar-refractivity contribution >= 4 is 0 Å². The monoisotopic (exact) mass is 280 g/mol. The zero-order chi connectivity index (χ0) is 14.5. The Morgan fingerprint density at radius 2 is 1.79 bits per heavy atom. The first kappa shape index (κ1) is 16.8. The molecule has 0 unspecified atom stereocenters. The van der Waals surface area contributed by atoms with Crippen LogP contribution < -0.4 is 5.32 Å². The third kappa shape index (κ3) is 6.13. The van der Waals surface area contributed by atoms with Crippen molar-refractivity contribution in [2.24, 2.45) is 5.41 Å². The fourth-order valence-electron chi connectivity index (χ4n) is 2.94. The molecule has 0 amide bonds. The van der Waals surface area contributed by atoms with Crippen molar-refractivity contribution in [2.75, 3.05) is 26.2 Å². The molecule has 1 aliphatic rings. The molecule has 0 spiro atoms. The molecule has 19 heavy (non-hydrogen) atoms. The molecule has 0 aromatic heterocycles. The lowest BCUT2D eigenvalue weighted by atomic mass is 9.85. The molecule has 0 aliphatic heterocycles. The number of rotatable bonds is 7. The van der Waals surface area contributed by atoms with E-state index in [2.05, 4.69) is 19.2 Å². The first-order valence-corrected chi connectivity index (χ1v) is 7.29. The van der Waals surface area contributed by atoms with Crippen LogP contribution in [0.2, 0.25) is 0 Å². The van der Waals surface area contributed by atoms with Crippen molar-refractivity contribution in [3.63, 3.8) is 0 Å². The summed E-state index contributed by atoms with van der Waals surface area (Å²) >= 11 is 0. The van der Waals surface area contributed by atoms with E-state index in [1.807, 2.05) is 6.92 Å². The van der Waals surface area contributed by atoms with Crippen molar-refractivity contribution in [1.29, 1.82) is 0 Å². The van der Waals surface area contributed by atoms with Gasteiger partial charge in [-0.25, -0.2) is 0 Å². The van der Waals surface area contributed by atoms with Crippen LogP contribution in [0.3, 0.4) is 0 Å². The second-order valence-corrected chi connectivity index (χ2v) is 6.16. The van der Waals surface area contributed by atoms with Crippen molar-refractivity contribution in [2.45, 2.75) is 58.7 Å². The summed E-state index contributed by atoms with van der Waals surface area (Å²) in [4.78, 5) is 1.55. The lowest BCUT2D eigenvalue weighted by Crippen LogP contribution is -2.46. The molecule has 5 heteroatoms. The molecule has 1 saturated carbocycles. The maximum absolute atomic E-state index is 12.5. The summed E-state index contributed by atoms with van der Waals surface area (Å²) in [6.07, 6.45) is 0.274. The van der Waals surface area contributed by atoms with Gasteiger partial charge in [0.05, 0.1) is 6.54 Å². The Labute approximate surface area is 114 Å². The van der Waals surface area contributed by atoms with Gasteiger partial charge in [-0.15, -0.1) is 0 Å². The predicted molar refractivity (Wildman–Crippen MR) is 72.2 cm³/mol. The molecule has 1 rings (SSSR count). The van der Waals surface area contributed by atoms with Gasteiger partial charge in [0, 0.05) is 19.1 Å². The zero-order valence-electron chi connectivity index (χ0n) is 12.3. The van der Waals surface area contributed by atoms with E-state index in [4.69, 9.17) is 0 Å². The fourth-order valence-corrected chi connectivity index (χ4v) is 2.94. The van der Waals surface area contributed by atoms with Crippen LogP contribution in [0, 0.1) is 5.41 Å². The Balaban J connectivity index is 2.60. The van der Waals surface area contributed by atoms with E-state index < -0.39 is 12.7 Å². The van der Waals surface area contributed by atoms with Gasteiger partial charge in [0.25, 0.3) is 0 Å². The molecule has 0 radical (unpaired) electrons. The molecule has 1 fully saturated rings. The van der Waals surface area contributed by atoms with E-state index in [1.165, 1.54) is 0 Å². The predicted octanol–water partition coefficient (Wildman–Crippen LogP) is 3.43. The molecule has 2 nitrogen and oxygen atoms in total. The molecule has 0 aromatic carbocycles. The Hall–Kier alpha value is -0.290. The van der Waals surface area contributed by atoms with E-state index in [9.17, 15) is 13.2 Å². The molecule has 0 bridgehead atoms. The van der Waals surface area contributed by atoms with Gasteiger partial charge in [0.15, 0.2) is 0 Å². The second-order valence-electron chi connectivity index (χ2n) is 6.16. The third-order valence-electron chi connectivity index (χ3n) is 3.96. The van der Waals surface area contributed by atoms with Crippen molar-refractivity contribution in [1.82, 2.24) is 10.2 Å². The Bertz CT molecular complexity index is 258. The molecule has 0 atom stereocenters. The molecule has 0 aromatic rings. The summed E-state index contributed by atoms with van der Waals surface area (Å²) in [6.45, 7) is 7.04. The number of hydrogen-bond acceptors (Lipinski definition) is 2. The van der Waals surface area contributed by atoms with E-state index >= 15 is 0 Å². The Morgan fingerprint density at radius 1 is 1.21 bits per heavy atom. The van der Waals surface area contributed by atoms with E-state index in [0.717, 1.165) is 32.2 Å². The highest BCUT2D eigenvalue weighted by Gasteiger charge is 2.38. The van der Waals surface area contributed by atoms with Crippen molar-refractivity contribution in [3.05, 3.63) is 0 Å². The number of alkyl halides is 3. The van der Waals surface area contributed by atoms with Gasteiger partial charge < -0.3 is 5.32 Å². The second kappa shape index (κ2) is 6.93. The number of hydrogen-bond donors (Lipinski definition) is 1. The van der Waals surface area contributed by atoms with Crippen LogP contribution >= 0.6 is 0 Å². The summed E-state index contributed by atoms with van der Waals surface area (Å²) in [5, 5.41) is 3.41. The molecule has 0 heterocycles. The van der Waals surface area contributed by atoms with Crippen LogP contribution in [0.4, 0.5) is 13.2 Å². The maximum atomic E-state index is 12.5. The van der Waals surface area contributed by atoms with Crippen LogP contribution in [0.25, 0.3) is 0 Å². The third-order valence-corrected chi connectivity index (χ3v) is 3.96. The minimum absolute atomic E-state index is 0.0333. The molecule has 0 saturated heterocycles. The number of nitrogens with one attached hydrogen (secondary N) is 1. The topological polar surface area (TPSA) is 15.3 Å². The molecule has 1 aliphatic carbocycles. The average Bonchev–Trinajstić information content (AvgIpc) is 2.73. The summed E-state index contributed by atoms with van der Waals surface area (Å²) in [5.41, 5.74) is 0.0333. The quantitative estimate of drug-likeness (QED) is 0.768. The van der Waals surface area contributed by atoms with Gasteiger partial charge in [-0.1, -0.05) is 33.6 Å². The standard InChI is InChI=1S/C14H27F3N2/c1-4-19(11-14(15,16)17)10-13(7-5-6-8-13)9-18-12(2)3/h12,18H,4-11H2,1-3H3. The van der Waals surface area contributed by atoms with Crippen molar-refractivity contribution in [3.8, 4) is 0 Å². The minimum Gasteiger partial charge on any atom is -0.314 e. The first-order valence-electron chi connectivity index (χ1n) is 7.29. The molecular weight excluding hydrogens is 253 g/mol. The highest BCUT2D eigenvalue weighted by molar-refractivity contribution is 4.90. The maximum Gasteiger partial charge on any atom is 0.401 e. The highest BCUT2D eigenvalue weighted by atomic mass is 19.4. The van der Waals surface area contributed by atoms with E-state index in [1.54, 1.807) is 4.90 Å². The van der Waals surface area contributed by atoms with E-state index in [0.29, 0.717) is 19.1 Å². The van der Waals surface area contributed by atoms with Gasteiger partial charge in [-0.05, 0) is 24.8 Å². The van der Waals surface area contributed by atoms with Crippen molar-refractivity contribution < 1.29 is 13.2 Å². The SMILES string of the molecule is CCN(CC(F)(F)F)CC1(CNC(C)C)CCCC1. The van der Waals surface area contributed by atoms with Gasteiger partial charge >= 0.3 is 6.18 Å². The van der Waals surface area contributed by atoms with Gasteiger partial charge in [0.1, 0.15) is 0 Å². The van der Waals surface area contributed by atoms with E-state index in [-0.39, 0.29) is 5.41 Å². The highest BCUT2D eigenvalue weighted by Crippen LogP contribution is 2.38. The average molecular weight is 280 g/mol. The summed E-state index contributed by atoms with van der Waals surface area (Å²) in [7, 11) is 0. The summed E-state index contributed by atoms with van der Waals surface area (Å²) in [6, 6.07) is 0.384. The van der Waals surface area contributed by atoms with Gasteiger partial charge in [-0.3, -0.25) is 4.90 Å². The Kier molecular flexibility index (Phi) is 6.12. The zero-order valence-corrected chi connectivity index (χ0v) is 12.3. The molecule has 114 valence electrons. The smallest absolute Gasteiger partial charge is 0.314 e. The summed E-state index contributed by atoms with van der Waals surface area (Å²) in [5.74, 6) is 0. The molecular formula is C14H27F3N2. The fraction of sp³-hybridized carbons (Fsp3) is 1.00. The number of halogens is 3. The normalized spacial score (nSPS) is 19.6. The van der Waals surface area contributed by atoms with Crippen LogP contribution in [0.1, 0.15) is 46.5 Å². The van der Waals surface area contributed by atoms with Gasteiger partial charge in [-0.2, -0.15) is 13.2 Å². The summed E-state index contributed by atoms with van der Waals surface area (Å²) < 4.78 is 37.6. The van der Waals surface area contributed by atoms with Gasteiger partial charge in [0.2, 0.25) is 0 Å². The van der Waals surface area contributed by atoms with Crippen LogP contribution in [-0.4, -0.2) is 43.3 Å². The van der Waals surface area contributed by atoms with Crippen LogP contribution in [0.15, 0.2) is 0 Å². The lowest BCUT2D eigenvalue weighted by molar-refractivity contribution is -0.148. The lowest BCUT2D eigenvalue weighted by Gasteiger charge is -2.36. The molecule has 1 N–H and O–H groups in total. The number of nitrogens with zero attached hydrogens (tertiary/aromatic N) is 1. The minimum atomic E-state index is -4.10. The largest absolute Gasteiger partial charge is 0.401 e. The first-order chi connectivity index (χ1) is 8.76. The Morgan fingerprint density at radius 3 is 2.21 bits per heavy atom.